The number of ketones is 1. The lowest BCUT2D eigenvalue weighted by atomic mass is 9.94. The number of aliphatic hydroxyl groups excluding tert-OH is 1. The van der Waals surface area contributed by atoms with Crippen LogP contribution in [0.3, 0.4) is 0 Å². The van der Waals surface area contributed by atoms with E-state index in [2.05, 4.69) is 15.9 Å². The van der Waals surface area contributed by atoms with Gasteiger partial charge in [-0.1, -0.05) is 28.1 Å². The molecule has 1 heterocycles. The van der Waals surface area contributed by atoms with E-state index in [0.717, 1.165) is 16.6 Å². The Morgan fingerprint density at radius 1 is 1.15 bits per heavy atom. The van der Waals surface area contributed by atoms with Gasteiger partial charge in [-0.25, -0.2) is 0 Å². The van der Waals surface area contributed by atoms with E-state index in [-0.39, 0.29) is 11.3 Å². The molecule has 0 radical (unpaired) electrons. The number of carbonyl (C=O) groups is 2. The average molecular weight is 531 g/mol. The fraction of sp³-hybridized carbons (Fsp3) is 0.385. The summed E-state index contributed by atoms with van der Waals surface area (Å²) in [5.74, 6) is -0.436. The van der Waals surface area contributed by atoms with Crippen LogP contribution in [0.4, 0.5) is 0 Å². The molecule has 0 aliphatic carbocycles. The fourth-order valence-corrected chi connectivity index (χ4v) is 4.34. The van der Waals surface area contributed by atoms with E-state index in [4.69, 9.17) is 9.47 Å². The van der Waals surface area contributed by atoms with Crippen molar-refractivity contribution >= 4 is 33.4 Å². The zero-order valence-electron chi connectivity index (χ0n) is 20.2. The second kappa shape index (κ2) is 11.1. The summed E-state index contributed by atoms with van der Waals surface area (Å²) in [7, 11) is 5.46. The summed E-state index contributed by atoms with van der Waals surface area (Å²) in [4.78, 5) is 29.9. The first-order valence-corrected chi connectivity index (χ1v) is 12.0. The third kappa shape index (κ3) is 5.28. The highest BCUT2D eigenvalue weighted by molar-refractivity contribution is 9.10. The largest absolute Gasteiger partial charge is 0.507 e. The Balaban J connectivity index is 2.15. The van der Waals surface area contributed by atoms with Crippen molar-refractivity contribution in [2.75, 3.05) is 40.9 Å². The number of nitrogens with zero attached hydrogens (tertiary/aromatic N) is 2. The van der Waals surface area contributed by atoms with Gasteiger partial charge in [-0.3, -0.25) is 9.59 Å². The second-order valence-electron chi connectivity index (χ2n) is 8.46. The summed E-state index contributed by atoms with van der Waals surface area (Å²) in [5.41, 5.74) is 2.13. The molecule has 1 atom stereocenters. The minimum Gasteiger partial charge on any atom is -0.507 e. The number of aliphatic hydroxyl groups is 1. The van der Waals surface area contributed by atoms with Gasteiger partial charge in [0.05, 0.1) is 25.3 Å². The van der Waals surface area contributed by atoms with E-state index in [1.807, 2.05) is 45.0 Å². The van der Waals surface area contributed by atoms with Gasteiger partial charge in [0.2, 0.25) is 0 Å². The third-order valence-electron chi connectivity index (χ3n) is 5.78. The van der Waals surface area contributed by atoms with Crippen LogP contribution in [-0.4, -0.2) is 67.5 Å². The van der Waals surface area contributed by atoms with Gasteiger partial charge in [0.25, 0.3) is 11.7 Å². The van der Waals surface area contributed by atoms with Crippen molar-refractivity contribution in [1.29, 1.82) is 0 Å². The first-order chi connectivity index (χ1) is 16.2. The van der Waals surface area contributed by atoms with Crippen LogP contribution in [0.25, 0.3) is 5.76 Å². The predicted molar refractivity (Wildman–Crippen MR) is 135 cm³/mol. The van der Waals surface area contributed by atoms with Crippen molar-refractivity contribution in [3.05, 3.63) is 63.1 Å². The highest BCUT2D eigenvalue weighted by Gasteiger charge is 2.46. The van der Waals surface area contributed by atoms with Crippen molar-refractivity contribution in [2.45, 2.75) is 26.3 Å². The maximum atomic E-state index is 13.2. The maximum absolute atomic E-state index is 13.2. The highest BCUT2D eigenvalue weighted by atomic mass is 79.9. The van der Waals surface area contributed by atoms with Crippen LogP contribution >= 0.6 is 15.9 Å². The Hall–Kier alpha value is -2.84. The van der Waals surface area contributed by atoms with E-state index in [9.17, 15) is 14.7 Å². The van der Waals surface area contributed by atoms with E-state index in [1.165, 1.54) is 4.90 Å². The SMILES string of the molecule is CCOc1ccc(C2/C(=C(/O)c3ccc(Br)c(C)c3)C(=O)C(=O)N2CCCN(C)C)cc1OC. The highest BCUT2D eigenvalue weighted by Crippen LogP contribution is 2.42. The number of halogens is 1. The molecule has 1 saturated heterocycles. The number of methoxy groups -OCH3 is 1. The van der Waals surface area contributed by atoms with Crippen molar-refractivity contribution in [2.24, 2.45) is 0 Å². The molecule has 7 nitrogen and oxygen atoms in total. The normalized spacial score (nSPS) is 17.5. The molecular formula is C26H31BrN2O5. The molecule has 0 saturated carbocycles. The summed E-state index contributed by atoms with van der Waals surface area (Å²) < 4.78 is 12.0. The molecule has 2 aromatic carbocycles. The molecule has 1 unspecified atom stereocenters. The Labute approximate surface area is 209 Å². The minimum atomic E-state index is -0.740. The van der Waals surface area contributed by atoms with Gasteiger partial charge in [0.15, 0.2) is 11.5 Å². The zero-order valence-corrected chi connectivity index (χ0v) is 21.8. The smallest absolute Gasteiger partial charge is 0.295 e. The fourth-order valence-electron chi connectivity index (χ4n) is 4.09. The standard InChI is InChI=1S/C26H31BrN2O5/c1-6-34-20-11-9-17(15-21(20)33-5)23-22(24(30)18-8-10-19(27)16(2)14-18)25(31)26(32)29(23)13-7-12-28(3)4/h8-11,14-15,23,30H,6-7,12-13H2,1-5H3/b24-22-. The summed E-state index contributed by atoms with van der Waals surface area (Å²) in [6, 6.07) is 9.92. The number of hydrogen-bond donors (Lipinski definition) is 1. The average Bonchev–Trinajstić information content (AvgIpc) is 3.05. The monoisotopic (exact) mass is 530 g/mol. The molecule has 182 valence electrons. The number of ether oxygens (including phenoxy) is 2. The lowest BCUT2D eigenvalue weighted by molar-refractivity contribution is -0.139. The van der Waals surface area contributed by atoms with Crippen LogP contribution in [0, 0.1) is 6.92 Å². The third-order valence-corrected chi connectivity index (χ3v) is 6.67. The number of hydrogen-bond acceptors (Lipinski definition) is 6. The summed E-state index contributed by atoms with van der Waals surface area (Å²) >= 11 is 3.46. The number of rotatable bonds is 9. The van der Waals surface area contributed by atoms with E-state index in [0.29, 0.717) is 42.2 Å². The topological polar surface area (TPSA) is 79.3 Å². The number of aryl methyl sites for hydroxylation is 1. The molecular weight excluding hydrogens is 500 g/mol. The zero-order chi connectivity index (χ0) is 25.0. The molecule has 1 N–H and O–H groups in total. The quantitative estimate of drug-likeness (QED) is 0.291. The summed E-state index contributed by atoms with van der Waals surface area (Å²) in [6.07, 6.45) is 0.683. The first-order valence-electron chi connectivity index (χ1n) is 11.2. The molecule has 34 heavy (non-hydrogen) atoms. The van der Waals surface area contributed by atoms with Gasteiger partial charge in [0.1, 0.15) is 5.76 Å². The molecule has 0 bridgehead atoms. The van der Waals surface area contributed by atoms with Gasteiger partial charge in [-0.15, -0.1) is 0 Å². The summed E-state index contributed by atoms with van der Waals surface area (Å²) in [5, 5.41) is 11.3. The van der Waals surface area contributed by atoms with E-state index >= 15 is 0 Å². The lowest BCUT2D eigenvalue weighted by Gasteiger charge is -2.26. The van der Waals surface area contributed by atoms with Crippen molar-refractivity contribution in [3.63, 3.8) is 0 Å². The summed E-state index contributed by atoms with van der Waals surface area (Å²) in [6.45, 7) is 5.39. The minimum absolute atomic E-state index is 0.0720. The molecule has 1 fully saturated rings. The van der Waals surface area contributed by atoms with Crippen molar-refractivity contribution in [1.82, 2.24) is 9.80 Å². The predicted octanol–water partition coefficient (Wildman–Crippen LogP) is 4.54. The molecule has 2 aromatic rings. The van der Waals surface area contributed by atoms with Gasteiger partial charge >= 0.3 is 0 Å². The molecule has 0 aromatic heterocycles. The number of likely N-dealkylation sites (tertiary alicyclic amines) is 1. The van der Waals surface area contributed by atoms with Crippen LogP contribution in [0.5, 0.6) is 11.5 Å². The van der Waals surface area contributed by atoms with Gasteiger partial charge in [0, 0.05) is 16.6 Å². The van der Waals surface area contributed by atoms with Crippen LogP contribution < -0.4 is 9.47 Å². The molecule has 1 amide bonds. The van der Waals surface area contributed by atoms with Gasteiger partial charge in [-0.05, 0) is 76.3 Å². The molecule has 1 aliphatic heterocycles. The molecule has 8 heteroatoms. The Bertz CT molecular complexity index is 1110. The Morgan fingerprint density at radius 2 is 1.88 bits per heavy atom. The molecule has 1 aliphatic rings. The number of carbonyl (C=O) groups excluding carboxylic acids is 2. The van der Waals surface area contributed by atoms with E-state index < -0.39 is 17.7 Å². The van der Waals surface area contributed by atoms with Crippen LogP contribution in [0.2, 0.25) is 0 Å². The van der Waals surface area contributed by atoms with Crippen LogP contribution in [0.15, 0.2) is 46.4 Å². The van der Waals surface area contributed by atoms with Crippen LogP contribution in [0.1, 0.15) is 36.1 Å². The number of Topliss-reactive ketones (excluding diaryl/α,β-unsaturated/α-hetero) is 1. The van der Waals surface area contributed by atoms with Crippen molar-refractivity contribution < 1.29 is 24.2 Å². The first kappa shape index (κ1) is 25.8. The number of amides is 1. The Kier molecular flexibility index (Phi) is 8.38. The van der Waals surface area contributed by atoms with Gasteiger partial charge in [-0.2, -0.15) is 0 Å². The van der Waals surface area contributed by atoms with Gasteiger partial charge < -0.3 is 24.4 Å². The second-order valence-corrected chi connectivity index (χ2v) is 9.31. The molecule has 3 rings (SSSR count). The van der Waals surface area contributed by atoms with Crippen molar-refractivity contribution in [3.8, 4) is 11.5 Å². The Morgan fingerprint density at radius 3 is 2.50 bits per heavy atom. The lowest BCUT2D eigenvalue weighted by Crippen LogP contribution is -2.32. The molecule has 0 spiro atoms. The number of benzene rings is 2. The van der Waals surface area contributed by atoms with Crippen LogP contribution in [-0.2, 0) is 9.59 Å². The maximum Gasteiger partial charge on any atom is 0.295 e. The van der Waals surface area contributed by atoms with E-state index in [1.54, 1.807) is 31.4 Å².